The molecule has 1 heterocycles. The molecule has 5 nitrogen and oxygen atoms in total. The lowest BCUT2D eigenvalue weighted by atomic mass is 10.2. The third-order valence-electron chi connectivity index (χ3n) is 3.77. The summed E-state index contributed by atoms with van der Waals surface area (Å²) in [7, 11) is 0. The van der Waals surface area contributed by atoms with E-state index < -0.39 is 18.3 Å². The first-order valence-electron chi connectivity index (χ1n) is 8.40. The Balaban J connectivity index is 1.56. The predicted octanol–water partition coefficient (Wildman–Crippen LogP) is 4.98. The van der Waals surface area contributed by atoms with Gasteiger partial charge in [-0.05, 0) is 41.5 Å². The summed E-state index contributed by atoms with van der Waals surface area (Å²) in [6.07, 6.45) is 4.47. The molecule has 0 aliphatic carbocycles. The maximum atomic E-state index is 13.1. The van der Waals surface area contributed by atoms with Crippen LogP contribution in [0.3, 0.4) is 0 Å². The van der Waals surface area contributed by atoms with E-state index in [1.54, 1.807) is 35.1 Å². The quantitative estimate of drug-likeness (QED) is 0.547. The van der Waals surface area contributed by atoms with E-state index in [-0.39, 0.29) is 5.75 Å². The first-order valence-corrected chi connectivity index (χ1v) is 8.78. The highest BCUT2D eigenvalue weighted by molar-refractivity contribution is 6.31. The molecule has 0 aliphatic heterocycles. The van der Waals surface area contributed by atoms with Crippen LogP contribution >= 0.6 is 11.6 Å². The van der Waals surface area contributed by atoms with Crippen LogP contribution in [0.1, 0.15) is 11.1 Å². The molecule has 150 valence electrons. The van der Waals surface area contributed by atoms with Crippen LogP contribution in [-0.2, 0) is 11.3 Å². The van der Waals surface area contributed by atoms with E-state index in [2.05, 4.69) is 15.2 Å². The minimum atomic E-state index is -2.89. The topological polar surface area (TPSA) is 56.1 Å². The number of halogens is 4. The molecule has 1 aromatic heterocycles. The van der Waals surface area contributed by atoms with Gasteiger partial charge in [0.2, 0.25) is 5.91 Å². The van der Waals surface area contributed by atoms with Crippen LogP contribution in [0.2, 0.25) is 5.02 Å². The number of anilines is 1. The Morgan fingerprint density at radius 1 is 1.21 bits per heavy atom. The molecular weight excluding hydrogens is 407 g/mol. The van der Waals surface area contributed by atoms with Gasteiger partial charge in [-0.2, -0.15) is 13.9 Å². The lowest BCUT2D eigenvalue weighted by Crippen LogP contribution is -2.09. The molecule has 0 radical (unpaired) electrons. The Morgan fingerprint density at radius 3 is 2.66 bits per heavy atom. The number of amides is 1. The SMILES string of the molecule is O=C(/C=C\c1ccc(OC(F)F)cc1)Nc1ccn(Cc2ccc(F)cc2Cl)n1. The maximum absolute atomic E-state index is 13.1. The van der Waals surface area contributed by atoms with Gasteiger partial charge >= 0.3 is 6.61 Å². The van der Waals surface area contributed by atoms with Crippen molar-refractivity contribution >= 4 is 29.4 Å². The molecule has 0 spiro atoms. The van der Waals surface area contributed by atoms with Crippen molar-refractivity contribution in [1.82, 2.24) is 9.78 Å². The predicted molar refractivity (Wildman–Crippen MR) is 103 cm³/mol. The summed E-state index contributed by atoms with van der Waals surface area (Å²) >= 11 is 6.00. The first kappa shape index (κ1) is 20.5. The molecule has 0 aliphatic rings. The second kappa shape index (κ2) is 9.29. The van der Waals surface area contributed by atoms with Gasteiger partial charge in [-0.1, -0.05) is 29.8 Å². The molecule has 3 rings (SSSR count). The van der Waals surface area contributed by atoms with Crippen molar-refractivity contribution in [2.24, 2.45) is 0 Å². The largest absolute Gasteiger partial charge is 0.435 e. The van der Waals surface area contributed by atoms with Crippen molar-refractivity contribution in [1.29, 1.82) is 0 Å². The number of benzene rings is 2. The zero-order valence-electron chi connectivity index (χ0n) is 14.9. The van der Waals surface area contributed by atoms with Gasteiger partial charge in [0.1, 0.15) is 11.6 Å². The Morgan fingerprint density at radius 2 is 1.97 bits per heavy atom. The van der Waals surface area contributed by atoms with Gasteiger partial charge in [0, 0.05) is 23.4 Å². The number of ether oxygens (including phenoxy) is 1. The molecule has 29 heavy (non-hydrogen) atoms. The second-order valence-electron chi connectivity index (χ2n) is 5.90. The number of aromatic nitrogens is 2. The van der Waals surface area contributed by atoms with Crippen molar-refractivity contribution < 1.29 is 22.7 Å². The highest BCUT2D eigenvalue weighted by Crippen LogP contribution is 2.19. The van der Waals surface area contributed by atoms with Gasteiger partial charge < -0.3 is 10.1 Å². The normalized spacial score (nSPS) is 11.2. The molecule has 0 atom stereocenters. The van der Waals surface area contributed by atoms with E-state index in [0.717, 1.165) is 0 Å². The first-order chi connectivity index (χ1) is 13.9. The molecule has 1 amide bonds. The summed E-state index contributed by atoms with van der Waals surface area (Å²) in [5.74, 6) is -0.468. The molecule has 3 aromatic rings. The van der Waals surface area contributed by atoms with Gasteiger partial charge in [0.05, 0.1) is 6.54 Å². The van der Waals surface area contributed by atoms with Crippen molar-refractivity contribution in [3.05, 3.63) is 82.8 Å². The minimum Gasteiger partial charge on any atom is -0.435 e. The fourth-order valence-electron chi connectivity index (χ4n) is 2.44. The molecule has 2 aromatic carbocycles. The number of nitrogens with one attached hydrogen (secondary N) is 1. The van der Waals surface area contributed by atoms with Crippen molar-refractivity contribution in [3.63, 3.8) is 0 Å². The molecule has 0 bridgehead atoms. The van der Waals surface area contributed by atoms with Gasteiger partial charge in [0.25, 0.3) is 0 Å². The minimum absolute atomic E-state index is 0.0356. The van der Waals surface area contributed by atoms with Crippen LogP contribution < -0.4 is 10.1 Å². The highest BCUT2D eigenvalue weighted by Gasteiger charge is 2.07. The number of alkyl halides is 2. The summed E-state index contributed by atoms with van der Waals surface area (Å²) in [5, 5.41) is 7.11. The lowest BCUT2D eigenvalue weighted by molar-refractivity contribution is -0.111. The third-order valence-corrected chi connectivity index (χ3v) is 4.12. The zero-order chi connectivity index (χ0) is 20.8. The molecule has 0 fully saturated rings. The van der Waals surface area contributed by atoms with Crippen LogP contribution in [0.5, 0.6) is 5.75 Å². The fourth-order valence-corrected chi connectivity index (χ4v) is 2.67. The van der Waals surface area contributed by atoms with Crippen LogP contribution in [0, 0.1) is 5.82 Å². The summed E-state index contributed by atoms with van der Waals surface area (Å²) in [6.45, 7) is -2.57. The molecule has 0 unspecified atom stereocenters. The Kier molecular flexibility index (Phi) is 6.56. The van der Waals surface area contributed by atoms with Gasteiger partial charge in [0.15, 0.2) is 5.82 Å². The van der Waals surface area contributed by atoms with Crippen LogP contribution in [0.4, 0.5) is 19.0 Å². The molecule has 0 saturated carbocycles. The summed E-state index contributed by atoms with van der Waals surface area (Å²) in [6, 6.07) is 11.6. The van der Waals surface area contributed by atoms with Gasteiger partial charge in [-0.3, -0.25) is 9.48 Å². The van der Waals surface area contributed by atoms with Crippen molar-refractivity contribution in [2.45, 2.75) is 13.2 Å². The summed E-state index contributed by atoms with van der Waals surface area (Å²) in [4.78, 5) is 12.0. The number of carbonyl (C=O) groups is 1. The Hall–Kier alpha value is -3.26. The molecule has 9 heteroatoms. The van der Waals surface area contributed by atoms with Crippen LogP contribution in [0.15, 0.2) is 60.8 Å². The Labute approximate surface area is 169 Å². The summed E-state index contributed by atoms with van der Waals surface area (Å²) in [5.41, 5.74) is 1.33. The van der Waals surface area contributed by atoms with Gasteiger partial charge in [-0.25, -0.2) is 4.39 Å². The average Bonchev–Trinajstić information content (AvgIpc) is 3.10. The molecule has 0 saturated heterocycles. The number of hydrogen-bond donors (Lipinski definition) is 1. The van der Waals surface area contributed by atoms with Gasteiger partial charge in [-0.15, -0.1) is 0 Å². The third kappa shape index (κ3) is 6.11. The maximum Gasteiger partial charge on any atom is 0.387 e. The van der Waals surface area contributed by atoms with E-state index in [1.165, 1.54) is 36.4 Å². The average molecular weight is 422 g/mol. The van der Waals surface area contributed by atoms with Crippen molar-refractivity contribution in [3.8, 4) is 5.75 Å². The number of hydrogen-bond acceptors (Lipinski definition) is 3. The van der Waals surface area contributed by atoms with Crippen molar-refractivity contribution in [2.75, 3.05) is 5.32 Å². The lowest BCUT2D eigenvalue weighted by Gasteiger charge is -2.05. The van der Waals surface area contributed by atoms with E-state index in [0.29, 0.717) is 28.5 Å². The molecular formula is C20H15ClF3N3O2. The van der Waals surface area contributed by atoms with E-state index in [4.69, 9.17) is 11.6 Å². The molecule has 1 N–H and O–H groups in total. The van der Waals surface area contributed by atoms with Crippen LogP contribution in [-0.4, -0.2) is 22.3 Å². The van der Waals surface area contributed by atoms with E-state index in [9.17, 15) is 18.0 Å². The van der Waals surface area contributed by atoms with Crippen LogP contribution in [0.25, 0.3) is 6.08 Å². The zero-order valence-corrected chi connectivity index (χ0v) is 15.6. The standard InChI is InChI=1S/C20H15ClF3N3O2/c21-17-11-15(22)5-4-14(17)12-27-10-9-18(26-27)25-19(28)8-3-13-1-6-16(7-2-13)29-20(23)24/h1-11,20H,12H2,(H,25,26,28)/b8-3-. The van der Waals surface area contributed by atoms with E-state index in [1.807, 2.05) is 0 Å². The summed E-state index contributed by atoms with van der Waals surface area (Å²) < 4.78 is 43.2. The monoisotopic (exact) mass is 421 g/mol. The fraction of sp³-hybridized carbons (Fsp3) is 0.100. The second-order valence-corrected chi connectivity index (χ2v) is 6.31. The smallest absolute Gasteiger partial charge is 0.387 e. The number of rotatable bonds is 7. The highest BCUT2D eigenvalue weighted by atomic mass is 35.5. The number of nitrogens with zero attached hydrogens (tertiary/aromatic N) is 2. The Bertz CT molecular complexity index is 1020. The van der Waals surface area contributed by atoms with E-state index >= 15 is 0 Å². The number of carbonyl (C=O) groups excluding carboxylic acids is 1.